The molecule has 2 unspecified atom stereocenters. The first-order valence-electron chi connectivity index (χ1n) is 9.74. The van der Waals surface area contributed by atoms with Crippen molar-refractivity contribution in [3.05, 3.63) is 11.6 Å². The molecule has 0 spiro atoms. The number of rotatable bonds is 6. The van der Waals surface area contributed by atoms with Crippen molar-refractivity contribution >= 4 is 6.16 Å². The lowest BCUT2D eigenvalue weighted by Crippen LogP contribution is -2.54. The highest BCUT2D eigenvalue weighted by molar-refractivity contribution is 5.61. The smallest absolute Gasteiger partial charge is 0.435 e. The van der Waals surface area contributed by atoms with Crippen LogP contribution in [0.15, 0.2) is 11.6 Å². The monoisotopic (exact) mass is 380 g/mol. The molecule has 5 nitrogen and oxygen atoms in total. The molecule has 2 atom stereocenters. The highest BCUT2D eigenvalue weighted by Crippen LogP contribution is 2.49. The van der Waals surface area contributed by atoms with Gasteiger partial charge in [-0.05, 0) is 58.1 Å². The number of carbonyl (C=O) groups excluding carboxylic acids is 1. The van der Waals surface area contributed by atoms with E-state index in [9.17, 15) is 4.79 Å². The standard InChI is InChI=1S/C22H36O5/c1-9-25-19(23)27-22(18(3)11-10-14-20(22,4)5)15-12-17(2)13-16-26-21(6,7)24-8/h13,18H,9-11,14,16H2,1-8H3. The van der Waals surface area contributed by atoms with Crippen LogP contribution in [0.4, 0.5) is 4.79 Å². The second kappa shape index (κ2) is 9.61. The zero-order valence-electron chi connectivity index (χ0n) is 18.2. The van der Waals surface area contributed by atoms with Crippen molar-refractivity contribution in [1.29, 1.82) is 0 Å². The van der Waals surface area contributed by atoms with Crippen molar-refractivity contribution < 1.29 is 23.7 Å². The molecule has 0 N–H and O–H groups in total. The number of hydrogen-bond donors (Lipinski definition) is 0. The highest BCUT2D eigenvalue weighted by Gasteiger charge is 2.53. The summed E-state index contributed by atoms with van der Waals surface area (Å²) in [5, 5.41) is 0. The number of carbonyl (C=O) groups is 1. The molecule has 5 heteroatoms. The molecule has 0 aromatic heterocycles. The molecule has 0 saturated heterocycles. The number of allylic oxidation sites excluding steroid dienone is 1. The molecule has 1 aliphatic carbocycles. The minimum absolute atomic E-state index is 0.120. The zero-order valence-corrected chi connectivity index (χ0v) is 18.2. The molecule has 1 aliphatic rings. The average molecular weight is 381 g/mol. The largest absolute Gasteiger partial charge is 0.509 e. The van der Waals surface area contributed by atoms with Gasteiger partial charge in [-0.2, -0.15) is 0 Å². The van der Waals surface area contributed by atoms with E-state index in [0.29, 0.717) is 6.61 Å². The molecule has 0 aromatic carbocycles. The topological polar surface area (TPSA) is 54.0 Å². The molecule has 0 heterocycles. The quantitative estimate of drug-likeness (QED) is 0.365. The van der Waals surface area contributed by atoms with Crippen molar-refractivity contribution in [1.82, 2.24) is 0 Å². The van der Waals surface area contributed by atoms with Gasteiger partial charge in [0.2, 0.25) is 0 Å². The van der Waals surface area contributed by atoms with Gasteiger partial charge in [-0.15, -0.1) is 0 Å². The maximum atomic E-state index is 12.1. The Morgan fingerprint density at radius 2 is 2.00 bits per heavy atom. The third-order valence-corrected chi connectivity index (χ3v) is 5.40. The van der Waals surface area contributed by atoms with Gasteiger partial charge in [0.25, 0.3) is 0 Å². The van der Waals surface area contributed by atoms with Gasteiger partial charge in [0, 0.05) is 18.4 Å². The molecule has 0 amide bonds. The van der Waals surface area contributed by atoms with Gasteiger partial charge in [0.15, 0.2) is 11.4 Å². The first kappa shape index (κ1) is 23.5. The number of methoxy groups -OCH3 is 1. The molecule has 27 heavy (non-hydrogen) atoms. The summed E-state index contributed by atoms with van der Waals surface area (Å²) in [4.78, 5) is 12.1. The van der Waals surface area contributed by atoms with Crippen LogP contribution in [0.25, 0.3) is 0 Å². The average Bonchev–Trinajstić information content (AvgIpc) is 2.57. The van der Waals surface area contributed by atoms with E-state index < -0.39 is 17.5 Å². The Morgan fingerprint density at radius 1 is 1.33 bits per heavy atom. The Hall–Kier alpha value is -1.51. The van der Waals surface area contributed by atoms with Gasteiger partial charge in [-0.3, -0.25) is 0 Å². The zero-order chi connectivity index (χ0) is 20.7. The molecule has 1 fully saturated rings. The van der Waals surface area contributed by atoms with Crippen LogP contribution in [0.2, 0.25) is 0 Å². The van der Waals surface area contributed by atoms with Crippen molar-refractivity contribution in [3.63, 3.8) is 0 Å². The normalized spacial score (nSPS) is 25.3. The molecule has 0 aromatic rings. The van der Waals surface area contributed by atoms with Crippen LogP contribution in [0.5, 0.6) is 0 Å². The minimum Gasteiger partial charge on any atom is -0.435 e. The van der Waals surface area contributed by atoms with E-state index in [4.69, 9.17) is 18.9 Å². The lowest BCUT2D eigenvalue weighted by molar-refractivity contribution is -0.189. The predicted octanol–water partition coefficient (Wildman–Crippen LogP) is 5.09. The van der Waals surface area contributed by atoms with Crippen LogP contribution in [0.1, 0.15) is 67.7 Å². The predicted molar refractivity (Wildman–Crippen MR) is 106 cm³/mol. The van der Waals surface area contributed by atoms with E-state index in [1.54, 1.807) is 14.0 Å². The SMILES string of the molecule is CCOC(=O)OC1(C#CC(C)=CCOC(C)(C)OC)C(C)CCCC1(C)C. The maximum absolute atomic E-state index is 12.1. The third-order valence-electron chi connectivity index (χ3n) is 5.40. The fraction of sp³-hybridized carbons (Fsp3) is 0.773. The van der Waals surface area contributed by atoms with Crippen LogP contribution in [-0.4, -0.2) is 37.9 Å². The van der Waals surface area contributed by atoms with Crippen LogP contribution < -0.4 is 0 Å². The molecular weight excluding hydrogens is 344 g/mol. The summed E-state index contributed by atoms with van der Waals surface area (Å²) in [5.74, 6) is 5.97. The summed E-state index contributed by atoms with van der Waals surface area (Å²) in [6.45, 7) is 14.4. The molecule has 1 rings (SSSR count). The van der Waals surface area contributed by atoms with Crippen LogP contribution in [0.3, 0.4) is 0 Å². The fourth-order valence-corrected chi connectivity index (χ4v) is 3.41. The van der Waals surface area contributed by atoms with E-state index in [-0.39, 0.29) is 17.9 Å². The molecule has 0 bridgehead atoms. The second-order valence-corrected chi connectivity index (χ2v) is 8.25. The van der Waals surface area contributed by atoms with Crippen molar-refractivity contribution in [2.24, 2.45) is 11.3 Å². The minimum atomic E-state index is -0.876. The summed E-state index contributed by atoms with van der Waals surface area (Å²) >= 11 is 0. The Bertz CT molecular complexity index is 594. The molecule has 0 aliphatic heterocycles. The van der Waals surface area contributed by atoms with Crippen molar-refractivity contribution in [3.8, 4) is 11.8 Å². The van der Waals surface area contributed by atoms with Crippen molar-refractivity contribution in [2.75, 3.05) is 20.3 Å². The summed E-state index contributed by atoms with van der Waals surface area (Å²) in [5.41, 5.74) is -0.277. The molecule has 0 radical (unpaired) electrons. The fourth-order valence-electron chi connectivity index (χ4n) is 3.41. The van der Waals surface area contributed by atoms with Crippen LogP contribution in [-0.2, 0) is 18.9 Å². The Kier molecular flexibility index (Phi) is 8.38. The van der Waals surface area contributed by atoms with Gasteiger partial charge in [0.1, 0.15) is 0 Å². The third kappa shape index (κ3) is 6.26. The first-order valence-corrected chi connectivity index (χ1v) is 9.74. The van der Waals surface area contributed by atoms with Gasteiger partial charge in [-0.1, -0.05) is 33.1 Å². The number of ether oxygens (including phenoxy) is 4. The van der Waals surface area contributed by atoms with Gasteiger partial charge in [-0.25, -0.2) is 4.79 Å². The highest BCUT2D eigenvalue weighted by atomic mass is 16.7. The molecule has 1 saturated carbocycles. The van der Waals surface area contributed by atoms with Crippen LogP contribution >= 0.6 is 0 Å². The Labute approximate surface area is 164 Å². The Balaban J connectivity index is 3.08. The summed E-state index contributed by atoms with van der Waals surface area (Å²) in [7, 11) is 1.61. The van der Waals surface area contributed by atoms with E-state index >= 15 is 0 Å². The van der Waals surface area contributed by atoms with E-state index in [1.807, 2.05) is 26.8 Å². The lowest BCUT2D eigenvalue weighted by atomic mass is 9.61. The number of hydrogen-bond acceptors (Lipinski definition) is 5. The lowest BCUT2D eigenvalue weighted by Gasteiger charge is -2.49. The first-order chi connectivity index (χ1) is 12.5. The summed E-state index contributed by atoms with van der Waals surface area (Å²) in [6, 6.07) is 0. The van der Waals surface area contributed by atoms with Crippen molar-refractivity contribution in [2.45, 2.75) is 79.1 Å². The van der Waals surface area contributed by atoms with Crippen LogP contribution in [0, 0.1) is 23.2 Å². The Morgan fingerprint density at radius 3 is 2.56 bits per heavy atom. The van der Waals surface area contributed by atoms with E-state index in [0.717, 1.165) is 24.8 Å². The molecular formula is C22H36O5. The molecule has 154 valence electrons. The summed E-state index contributed by atoms with van der Waals surface area (Å²) in [6.07, 6.45) is 4.26. The van der Waals surface area contributed by atoms with Gasteiger partial charge < -0.3 is 18.9 Å². The maximum Gasteiger partial charge on any atom is 0.509 e. The van der Waals surface area contributed by atoms with E-state index in [1.165, 1.54) is 0 Å². The summed E-state index contributed by atoms with van der Waals surface area (Å²) < 4.78 is 21.8. The van der Waals surface area contributed by atoms with E-state index in [2.05, 4.69) is 32.6 Å². The van der Waals surface area contributed by atoms with Gasteiger partial charge >= 0.3 is 6.16 Å². The van der Waals surface area contributed by atoms with Gasteiger partial charge in [0.05, 0.1) is 13.2 Å². The second-order valence-electron chi connectivity index (χ2n) is 8.25.